The lowest BCUT2D eigenvalue weighted by Gasteiger charge is -2.36. The van der Waals surface area contributed by atoms with E-state index in [1.807, 2.05) is 48.4 Å². The van der Waals surface area contributed by atoms with Crippen molar-refractivity contribution in [2.24, 2.45) is 0 Å². The Kier molecular flexibility index (Phi) is 7.26. The van der Waals surface area contributed by atoms with Crippen molar-refractivity contribution < 1.29 is 14.3 Å². The highest BCUT2D eigenvalue weighted by Gasteiger charge is 2.31. The number of cyclic esters (lactones) is 1. The van der Waals surface area contributed by atoms with Crippen molar-refractivity contribution in [2.75, 3.05) is 42.6 Å². The van der Waals surface area contributed by atoms with Crippen LogP contribution in [0.1, 0.15) is 22.8 Å². The number of hydrogen-bond donors (Lipinski definition) is 0. The lowest BCUT2D eigenvalue weighted by molar-refractivity contribution is 0.0746. The molecule has 0 aliphatic carbocycles. The maximum absolute atomic E-state index is 13.1. The van der Waals surface area contributed by atoms with E-state index in [1.165, 1.54) is 0 Å². The molecular weight excluding hydrogens is 464 g/mol. The average Bonchev–Trinajstić information content (AvgIpc) is 3.22. The summed E-state index contributed by atoms with van der Waals surface area (Å²) in [6, 6.07) is 19.6. The normalized spacial score (nSPS) is 17.7. The van der Waals surface area contributed by atoms with Gasteiger partial charge in [-0.3, -0.25) is 9.69 Å². The predicted octanol–water partition coefficient (Wildman–Crippen LogP) is 4.79. The first-order valence-electron chi connectivity index (χ1n) is 11.6. The van der Waals surface area contributed by atoms with Gasteiger partial charge in [-0.2, -0.15) is 0 Å². The Hall–Kier alpha value is -3.58. The third-order valence-electron chi connectivity index (χ3n) is 6.50. The molecule has 2 saturated heterocycles. The zero-order valence-electron chi connectivity index (χ0n) is 19.9. The monoisotopic (exact) mass is 492 g/mol. The Morgan fingerprint density at radius 3 is 2.26 bits per heavy atom. The van der Waals surface area contributed by atoms with Gasteiger partial charge in [0.25, 0.3) is 5.91 Å². The number of anilines is 2. The molecule has 0 N–H and O–H groups in total. The van der Waals surface area contributed by atoms with Crippen LogP contribution in [0, 0.1) is 6.92 Å². The molecular formula is C27H29ClN4O3. The molecule has 1 atom stereocenters. The number of aryl methyl sites for hydroxylation is 1. The van der Waals surface area contributed by atoms with Crippen LogP contribution in [0.15, 0.2) is 66.9 Å². The molecule has 2 amide bonds. The van der Waals surface area contributed by atoms with Gasteiger partial charge in [-0.25, -0.2) is 9.78 Å². The summed E-state index contributed by atoms with van der Waals surface area (Å²) in [5.41, 5.74) is 4.76. The number of carbonyl (C=O) groups excluding carboxylic acids is 2. The van der Waals surface area contributed by atoms with E-state index < -0.39 is 0 Å². The van der Waals surface area contributed by atoms with Crippen molar-refractivity contribution in [3.05, 3.63) is 78.0 Å². The maximum atomic E-state index is 13.1. The number of carbonyl (C=O) groups is 2. The minimum absolute atomic E-state index is 0. The van der Waals surface area contributed by atoms with Crippen molar-refractivity contribution in [3.8, 4) is 11.1 Å². The Morgan fingerprint density at radius 1 is 0.971 bits per heavy atom. The summed E-state index contributed by atoms with van der Waals surface area (Å²) in [7, 11) is 0. The third-order valence-corrected chi connectivity index (χ3v) is 6.50. The summed E-state index contributed by atoms with van der Waals surface area (Å²) < 4.78 is 5.09. The zero-order chi connectivity index (χ0) is 23.7. The Balaban J connectivity index is 0.00000289. The van der Waals surface area contributed by atoms with Crippen LogP contribution in [0.2, 0.25) is 0 Å². The summed E-state index contributed by atoms with van der Waals surface area (Å²) in [6.45, 7) is 7.15. The lowest BCUT2D eigenvalue weighted by Crippen LogP contribution is -2.49. The third kappa shape index (κ3) is 4.95. The number of halogens is 1. The predicted molar refractivity (Wildman–Crippen MR) is 140 cm³/mol. The van der Waals surface area contributed by atoms with Crippen LogP contribution in [-0.2, 0) is 4.74 Å². The van der Waals surface area contributed by atoms with Gasteiger partial charge in [-0.05, 0) is 55.3 Å². The number of rotatable bonds is 4. The number of nitrogens with zero attached hydrogens (tertiary/aromatic N) is 4. The highest BCUT2D eigenvalue weighted by molar-refractivity contribution is 5.96. The fourth-order valence-corrected chi connectivity index (χ4v) is 4.63. The second-order valence-corrected chi connectivity index (χ2v) is 8.85. The summed E-state index contributed by atoms with van der Waals surface area (Å²) in [4.78, 5) is 35.5. The number of aromatic nitrogens is 1. The topological polar surface area (TPSA) is 66.0 Å². The minimum Gasteiger partial charge on any atom is -0.447 e. The summed E-state index contributed by atoms with van der Waals surface area (Å²) in [5, 5.41) is 0. The van der Waals surface area contributed by atoms with Gasteiger partial charge in [-0.15, -0.1) is 12.4 Å². The molecule has 182 valence electrons. The van der Waals surface area contributed by atoms with E-state index in [4.69, 9.17) is 9.72 Å². The Bertz CT molecular complexity index is 1190. The summed E-state index contributed by atoms with van der Waals surface area (Å²) in [5.74, 6) is 0.982. The molecule has 2 aliphatic heterocycles. The standard InChI is InChI=1S/C27H28N4O3.ClH/c1-19-16-23(21-6-4-3-5-7-21)17-28-25(19)29-12-14-30(15-13-29)26(32)22-8-10-24(11-9-22)31-20(2)18-34-27(31)33;/h3-11,16-17,20H,12-15,18H2,1-2H3;1H. The molecule has 2 fully saturated rings. The van der Waals surface area contributed by atoms with Crippen molar-refractivity contribution in [2.45, 2.75) is 19.9 Å². The molecule has 2 aliphatic rings. The first-order chi connectivity index (χ1) is 16.5. The molecule has 0 bridgehead atoms. The number of amides is 2. The van der Waals surface area contributed by atoms with Gasteiger partial charge in [0.15, 0.2) is 0 Å². The fourth-order valence-electron chi connectivity index (χ4n) is 4.63. The second kappa shape index (κ2) is 10.4. The Labute approximate surface area is 211 Å². The van der Waals surface area contributed by atoms with Crippen LogP contribution in [0.4, 0.5) is 16.3 Å². The van der Waals surface area contributed by atoms with E-state index in [9.17, 15) is 9.59 Å². The van der Waals surface area contributed by atoms with Crippen LogP contribution in [0.5, 0.6) is 0 Å². The quantitative estimate of drug-likeness (QED) is 0.524. The van der Waals surface area contributed by atoms with Gasteiger partial charge in [0, 0.05) is 49.2 Å². The second-order valence-electron chi connectivity index (χ2n) is 8.85. The molecule has 5 rings (SSSR count). The van der Waals surface area contributed by atoms with E-state index in [0.29, 0.717) is 25.3 Å². The van der Waals surface area contributed by atoms with Crippen molar-refractivity contribution in [1.29, 1.82) is 0 Å². The zero-order valence-corrected chi connectivity index (χ0v) is 20.7. The molecule has 8 heteroatoms. The van der Waals surface area contributed by atoms with Gasteiger partial charge in [-0.1, -0.05) is 30.3 Å². The molecule has 7 nitrogen and oxygen atoms in total. The molecule has 1 aromatic heterocycles. The minimum atomic E-state index is -0.344. The molecule has 2 aromatic carbocycles. The summed E-state index contributed by atoms with van der Waals surface area (Å²) >= 11 is 0. The molecule has 35 heavy (non-hydrogen) atoms. The highest BCUT2D eigenvalue weighted by Crippen LogP contribution is 2.26. The maximum Gasteiger partial charge on any atom is 0.414 e. The summed E-state index contributed by atoms with van der Waals surface area (Å²) in [6.07, 6.45) is 1.58. The number of ether oxygens (including phenoxy) is 1. The number of piperazine rings is 1. The van der Waals surface area contributed by atoms with Crippen LogP contribution in [0.25, 0.3) is 11.1 Å². The fraction of sp³-hybridized carbons (Fsp3) is 0.296. The molecule has 3 heterocycles. The van der Waals surface area contributed by atoms with Crippen LogP contribution in [-0.4, -0.2) is 60.7 Å². The Morgan fingerprint density at radius 2 is 1.66 bits per heavy atom. The lowest BCUT2D eigenvalue weighted by atomic mass is 10.1. The first kappa shape index (κ1) is 24.5. The molecule has 3 aromatic rings. The van der Waals surface area contributed by atoms with Gasteiger partial charge < -0.3 is 14.5 Å². The van der Waals surface area contributed by atoms with Crippen LogP contribution < -0.4 is 9.80 Å². The first-order valence-corrected chi connectivity index (χ1v) is 11.6. The van der Waals surface area contributed by atoms with Crippen molar-refractivity contribution in [1.82, 2.24) is 9.88 Å². The highest BCUT2D eigenvalue weighted by atomic mass is 35.5. The van der Waals surface area contributed by atoms with E-state index in [2.05, 4.69) is 30.0 Å². The number of hydrogen-bond acceptors (Lipinski definition) is 5. The van der Waals surface area contributed by atoms with Crippen LogP contribution in [0.3, 0.4) is 0 Å². The largest absolute Gasteiger partial charge is 0.447 e. The molecule has 1 unspecified atom stereocenters. The van der Waals surface area contributed by atoms with E-state index >= 15 is 0 Å². The molecule has 0 spiro atoms. The molecule has 0 radical (unpaired) electrons. The van der Waals surface area contributed by atoms with E-state index in [-0.39, 0.29) is 30.4 Å². The van der Waals surface area contributed by atoms with E-state index in [0.717, 1.165) is 41.3 Å². The van der Waals surface area contributed by atoms with Crippen molar-refractivity contribution >= 4 is 35.9 Å². The van der Waals surface area contributed by atoms with E-state index in [1.54, 1.807) is 17.0 Å². The van der Waals surface area contributed by atoms with Gasteiger partial charge >= 0.3 is 6.09 Å². The van der Waals surface area contributed by atoms with Crippen molar-refractivity contribution in [3.63, 3.8) is 0 Å². The molecule has 0 saturated carbocycles. The van der Waals surface area contributed by atoms with Gasteiger partial charge in [0.05, 0.1) is 6.04 Å². The van der Waals surface area contributed by atoms with Gasteiger partial charge in [0.1, 0.15) is 12.4 Å². The average molecular weight is 493 g/mol. The number of pyridine rings is 1. The SMILES string of the molecule is Cc1cc(-c2ccccc2)cnc1N1CCN(C(=O)c2ccc(N3C(=O)OCC3C)cc2)CC1.Cl. The smallest absolute Gasteiger partial charge is 0.414 e. The number of benzene rings is 2. The van der Waals surface area contributed by atoms with Crippen LogP contribution >= 0.6 is 12.4 Å². The van der Waals surface area contributed by atoms with Gasteiger partial charge in [0.2, 0.25) is 0 Å².